The Kier molecular flexibility index (Phi) is 4.99. The van der Waals surface area contributed by atoms with E-state index in [1.54, 1.807) is 6.92 Å². The molecule has 3 rings (SSSR count). The molecule has 1 atom stereocenters. The first-order chi connectivity index (χ1) is 12.8. The minimum atomic E-state index is -0.974. The second kappa shape index (κ2) is 7.23. The summed E-state index contributed by atoms with van der Waals surface area (Å²) in [5.41, 5.74) is -0.850. The minimum absolute atomic E-state index is 0.0129. The van der Waals surface area contributed by atoms with Gasteiger partial charge >= 0.3 is 5.97 Å². The summed E-state index contributed by atoms with van der Waals surface area (Å²) in [6.07, 6.45) is 3.65. The summed E-state index contributed by atoms with van der Waals surface area (Å²) < 4.78 is 4.95. The first-order valence-corrected chi connectivity index (χ1v) is 8.77. The Morgan fingerprint density at radius 3 is 2.63 bits per heavy atom. The van der Waals surface area contributed by atoms with E-state index in [1.807, 2.05) is 0 Å². The molecule has 2 aliphatic carbocycles. The van der Waals surface area contributed by atoms with Crippen molar-refractivity contribution in [2.24, 2.45) is 5.92 Å². The lowest BCUT2D eigenvalue weighted by atomic mass is 9.98. The number of nitriles is 1. The van der Waals surface area contributed by atoms with Gasteiger partial charge < -0.3 is 15.4 Å². The highest BCUT2D eigenvalue weighted by molar-refractivity contribution is 5.93. The Labute approximate surface area is 155 Å². The summed E-state index contributed by atoms with van der Waals surface area (Å²) in [6.45, 7) is 1.08. The standard InChI is InChI=1S/C18H20N4O5/c1-18(10-19,12-3-4-12)21-16(23)9-27-17(24)11-2-7-14(20-13-5-6-13)15(8-11)22(25)26/h2,7-8,12-13,20H,3-6,9H2,1H3,(H,21,23)/t18-/m0/s1. The molecular weight excluding hydrogens is 352 g/mol. The Hall–Kier alpha value is -3.15. The lowest BCUT2D eigenvalue weighted by Crippen LogP contribution is -2.48. The van der Waals surface area contributed by atoms with Crippen molar-refractivity contribution in [1.29, 1.82) is 5.26 Å². The van der Waals surface area contributed by atoms with Gasteiger partial charge in [-0.05, 0) is 50.7 Å². The third-order valence-corrected chi connectivity index (χ3v) is 4.73. The van der Waals surface area contributed by atoms with Crippen LogP contribution >= 0.6 is 0 Å². The summed E-state index contributed by atoms with van der Waals surface area (Å²) >= 11 is 0. The van der Waals surface area contributed by atoms with Crippen molar-refractivity contribution in [2.75, 3.05) is 11.9 Å². The molecule has 2 saturated carbocycles. The van der Waals surface area contributed by atoms with Gasteiger partial charge in [0.05, 0.1) is 16.6 Å². The van der Waals surface area contributed by atoms with E-state index in [2.05, 4.69) is 16.7 Å². The van der Waals surface area contributed by atoms with Crippen molar-refractivity contribution >= 4 is 23.3 Å². The first kappa shape index (κ1) is 18.6. The second-order valence-corrected chi connectivity index (χ2v) is 7.12. The lowest BCUT2D eigenvalue weighted by Gasteiger charge is -2.22. The van der Waals surface area contributed by atoms with Crippen molar-refractivity contribution in [3.63, 3.8) is 0 Å². The van der Waals surface area contributed by atoms with Crippen LogP contribution in [0.25, 0.3) is 0 Å². The summed E-state index contributed by atoms with van der Waals surface area (Å²) in [5, 5.41) is 26.1. The minimum Gasteiger partial charge on any atom is -0.452 e. The van der Waals surface area contributed by atoms with Crippen molar-refractivity contribution < 1.29 is 19.2 Å². The Morgan fingerprint density at radius 2 is 2.07 bits per heavy atom. The number of hydrogen-bond acceptors (Lipinski definition) is 7. The van der Waals surface area contributed by atoms with Crippen molar-refractivity contribution in [1.82, 2.24) is 5.32 Å². The maximum atomic E-state index is 12.1. The van der Waals surface area contributed by atoms with Crippen molar-refractivity contribution in [3.05, 3.63) is 33.9 Å². The van der Waals surface area contributed by atoms with E-state index in [0.717, 1.165) is 31.7 Å². The van der Waals surface area contributed by atoms with Crippen LogP contribution < -0.4 is 10.6 Å². The number of nitro groups is 1. The zero-order valence-corrected chi connectivity index (χ0v) is 14.9. The highest BCUT2D eigenvalue weighted by atomic mass is 16.6. The highest BCUT2D eigenvalue weighted by Crippen LogP contribution is 2.39. The molecule has 1 aromatic carbocycles. The fourth-order valence-electron chi connectivity index (χ4n) is 2.80. The zero-order valence-electron chi connectivity index (χ0n) is 14.9. The number of carbonyl (C=O) groups excluding carboxylic acids is 2. The number of nitrogens with zero attached hydrogens (tertiary/aromatic N) is 2. The van der Waals surface area contributed by atoms with Crippen LogP contribution in [0.1, 0.15) is 43.0 Å². The van der Waals surface area contributed by atoms with Gasteiger partial charge in [0.2, 0.25) is 0 Å². The van der Waals surface area contributed by atoms with Gasteiger partial charge in [0.25, 0.3) is 11.6 Å². The number of carbonyl (C=O) groups is 2. The normalized spacial score (nSPS) is 17.9. The van der Waals surface area contributed by atoms with E-state index in [4.69, 9.17) is 4.74 Å². The number of hydrogen-bond donors (Lipinski definition) is 2. The molecule has 2 aliphatic rings. The summed E-state index contributed by atoms with van der Waals surface area (Å²) in [5.74, 6) is -1.31. The van der Waals surface area contributed by atoms with Gasteiger partial charge in [0, 0.05) is 12.1 Å². The number of ether oxygens (including phenoxy) is 1. The maximum absolute atomic E-state index is 12.1. The van der Waals surface area contributed by atoms with Crippen LogP contribution in [0.4, 0.5) is 11.4 Å². The van der Waals surface area contributed by atoms with Crippen LogP contribution in [-0.4, -0.2) is 35.0 Å². The summed E-state index contributed by atoms with van der Waals surface area (Å²) in [6, 6.07) is 6.33. The number of amides is 1. The molecule has 142 valence electrons. The summed E-state index contributed by atoms with van der Waals surface area (Å²) in [4.78, 5) is 34.8. The smallest absolute Gasteiger partial charge is 0.338 e. The molecule has 0 unspecified atom stereocenters. The fraction of sp³-hybridized carbons (Fsp3) is 0.500. The average Bonchev–Trinajstić information content (AvgIpc) is 3.53. The van der Waals surface area contributed by atoms with Gasteiger partial charge in [-0.3, -0.25) is 14.9 Å². The highest BCUT2D eigenvalue weighted by Gasteiger charge is 2.43. The SMILES string of the molecule is C[C@@](C#N)(NC(=O)COC(=O)c1ccc(NC2CC2)c([N+](=O)[O-])c1)C1CC1. The van der Waals surface area contributed by atoms with Gasteiger partial charge in [-0.2, -0.15) is 5.26 Å². The Bertz CT molecular complexity index is 826. The molecule has 2 N–H and O–H groups in total. The van der Waals surface area contributed by atoms with Crippen LogP contribution in [0, 0.1) is 27.4 Å². The molecule has 2 fully saturated rings. The average molecular weight is 372 g/mol. The number of nitro benzene ring substituents is 1. The molecule has 0 aromatic heterocycles. The van der Waals surface area contributed by atoms with Crippen LogP contribution in [0.2, 0.25) is 0 Å². The number of nitrogens with one attached hydrogen (secondary N) is 2. The molecule has 0 bridgehead atoms. The maximum Gasteiger partial charge on any atom is 0.338 e. The molecule has 0 radical (unpaired) electrons. The fourth-order valence-corrected chi connectivity index (χ4v) is 2.80. The lowest BCUT2D eigenvalue weighted by molar-refractivity contribution is -0.384. The number of anilines is 1. The molecule has 27 heavy (non-hydrogen) atoms. The molecule has 0 spiro atoms. The van der Waals surface area contributed by atoms with E-state index >= 15 is 0 Å². The van der Waals surface area contributed by atoms with Gasteiger partial charge in [-0.25, -0.2) is 4.79 Å². The number of esters is 1. The molecule has 0 aliphatic heterocycles. The van der Waals surface area contributed by atoms with E-state index in [9.17, 15) is 25.0 Å². The quantitative estimate of drug-likeness (QED) is 0.405. The predicted molar refractivity (Wildman–Crippen MR) is 94.9 cm³/mol. The van der Waals surface area contributed by atoms with Crippen LogP contribution in [0.15, 0.2) is 18.2 Å². The summed E-state index contributed by atoms with van der Waals surface area (Å²) in [7, 11) is 0. The first-order valence-electron chi connectivity index (χ1n) is 8.77. The van der Waals surface area contributed by atoms with Gasteiger partial charge in [-0.15, -0.1) is 0 Å². The third kappa shape index (κ3) is 4.53. The van der Waals surface area contributed by atoms with Crippen LogP contribution in [-0.2, 0) is 9.53 Å². The topological polar surface area (TPSA) is 134 Å². The molecule has 9 nitrogen and oxygen atoms in total. The molecule has 1 amide bonds. The Morgan fingerprint density at radius 1 is 1.37 bits per heavy atom. The van der Waals surface area contributed by atoms with Gasteiger partial charge in [0.1, 0.15) is 11.2 Å². The van der Waals surface area contributed by atoms with E-state index in [1.165, 1.54) is 12.1 Å². The Balaban J connectivity index is 1.60. The van der Waals surface area contributed by atoms with E-state index in [-0.39, 0.29) is 23.2 Å². The largest absolute Gasteiger partial charge is 0.452 e. The molecule has 0 heterocycles. The predicted octanol–water partition coefficient (Wildman–Crippen LogP) is 2.13. The van der Waals surface area contributed by atoms with Crippen molar-refractivity contribution in [2.45, 2.75) is 44.2 Å². The van der Waals surface area contributed by atoms with Gasteiger partial charge in [0.15, 0.2) is 6.61 Å². The van der Waals surface area contributed by atoms with Gasteiger partial charge in [-0.1, -0.05) is 0 Å². The van der Waals surface area contributed by atoms with E-state index < -0.39 is 28.9 Å². The molecule has 9 heteroatoms. The molecular formula is C18H20N4O5. The number of benzene rings is 1. The van der Waals surface area contributed by atoms with Crippen LogP contribution in [0.5, 0.6) is 0 Å². The number of rotatable bonds is 8. The molecule has 1 aromatic rings. The monoisotopic (exact) mass is 372 g/mol. The van der Waals surface area contributed by atoms with Crippen LogP contribution in [0.3, 0.4) is 0 Å². The molecule has 0 saturated heterocycles. The zero-order chi connectivity index (χ0) is 19.6. The van der Waals surface area contributed by atoms with E-state index in [0.29, 0.717) is 5.69 Å². The van der Waals surface area contributed by atoms with Crippen molar-refractivity contribution in [3.8, 4) is 6.07 Å². The second-order valence-electron chi connectivity index (χ2n) is 7.12. The third-order valence-electron chi connectivity index (χ3n) is 4.73.